The van der Waals surface area contributed by atoms with E-state index in [1.807, 2.05) is 0 Å². The van der Waals surface area contributed by atoms with Gasteiger partial charge in [-0.3, -0.25) is 14.8 Å². The van der Waals surface area contributed by atoms with Crippen LogP contribution in [0, 0.1) is 5.41 Å². The Morgan fingerprint density at radius 2 is 2.50 bits per heavy atom. The predicted octanol–water partition coefficient (Wildman–Crippen LogP) is 0.407. The van der Waals surface area contributed by atoms with Crippen molar-refractivity contribution in [1.82, 2.24) is 9.38 Å². The highest BCUT2D eigenvalue weighted by molar-refractivity contribution is 5.39. The zero-order valence-corrected chi connectivity index (χ0v) is 5.11. The average Bonchev–Trinajstić information content (AvgIpc) is 2.34. The van der Waals surface area contributed by atoms with Gasteiger partial charge in [0.1, 0.15) is 11.8 Å². The Bertz CT molecular complexity index is 400. The van der Waals surface area contributed by atoms with Gasteiger partial charge in [-0.2, -0.15) is 0 Å². The lowest BCUT2D eigenvalue weighted by atomic mass is 10.6. The van der Waals surface area contributed by atoms with Gasteiger partial charge in [-0.15, -0.1) is 0 Å². The quantitative estimate of drug-likeness (QED) is 0.568. The molecule has 0 aromatic carbocycles. The van der Waals surface area contributed by atoms with E-state index in [-0.39, 0.29) is 5.68 Å². The highest BCUT2D eigenvalue weighted by atomic mass is 16.3. The van der Waals surface area contributed by atoms with Crippen molar-refractivity contribution in [2.24, 2.45) is 0 Å². The second-order valence-electron chi connectivity index (χ2n) is 1.91. The molecular weight excluding hydrogens is 130 g/mol. The lowest BCUT2D eigenvalue weighted by Gasteiger charge is -1.85. The Hall–Kier alpha value is -1.58. The highest BCUT2D eigenvalue weighted by Crippen LogP contribution is 1.94. The van der Waals surface area contributed by atoms with Crippen LogP contribution in [-0.4, -0.2) is 9.38 Å². The van der Waals surface area contributed by atoms with Gasteiger partial charge in [0.25, 0.3) is 5.68 Å². The van der Waals surface area contributed by atoms with Crippen molar-refractivity contribution < 1.29 is 4.42 Å². The molecule has 2 aromatic heterocycles. The van der Waals surface area contributed by atoms with Gasteiger partial charge in [0.15, 0.2) is 0 Å². The highest BCUT2D eigenvalue weighted by Gasteiger charge is 1.92. The topological polar surface area (TPSA) is 54.3 Å². The minimum atomic E-state index is 0.123. The fourth-order valence-electron chi connectivity index (χ4n) is 0.818. The van der Waals surface area contributed by atoms with Crippen molar-refractivity contribution in [2.75, 3.05) is 0 Å². The van der Waals surface area contributed by atoms with Crippen LogP contribution in [0.4, 0.5) is 0 Å². The molecule has 0 aliphatic rings. The summed E-state index contributed by atoms with van der Waals surface area (Å²) in [4.78, 5) is 3.86. The minimum Gasteiger partial charge on any atom is -0.431 e. The maximum Gasteiger partial charge on any atom is 0.298 e. The third-order valence-electron chi connectivity index (χ3n) is 1.30. The van der Waals surface area contributed by atoms with Crippen molar-refractivity contribution in [3.8, 4) is 0 Å². The van der Waals surface area contributed by atoms with Gasteiger partial charge < -0.3 is 4.42 Å². The number of nitrogens with one attached hydrogen (secondary N) is 1. The molecule has 0 saturated carbocycles. The minimum absolute atomic E-state index is 0.123. The molecule has 2 heterocycles. The number of nitrogens with zero attached hydrogens (tertiary/aromatic N) is 2. The summed E-state index contributed by atoms with van der Waals surface area (Å²) in [5.41, 5.74) is 0.921. The van der Waals surface area contributed by atoms with Crippen molar-refractivity contribution in [2.45, 2.75) is 0 Å². The van der Waals surface area contributed by atoms with E-state index in [4.69, 9.17) is 9.83 Å². The fourth-order valence-corrected chi connectivity index (χ4v) is 0.818. The maximum atomic E-state index is 7.21. The summed E-state index contributed by atoms with van der Waals surface area (Å²) in [7, 11) is 0. The predicted molar refractivity (Wildman–Crippen MR) is 33.3 cm³/mol. The van der Waals surface area contributed by atoms with Gasteiger partial charge >= 0.3 is 0 Å². The van der Waals surface area contributed by atoms with Crippen LogP contribution in [0.5, 0.6) is 0 Å². The summed E-state index contributed by atoms with van der Waals surface area (Å²) in [6, 6.07) is 0. The van der Waals surface area contributed by atoms with Crippen LogP contribution < -0.4 is 5.68 Å². The average molecular weight is 135 g/mol. The summed E-state index contributed by atoms with van der Waals surface area (Å²) >= 11 is 0. The van der Waals surface area contributed by atoms with Crippen LogP contribution in [0.3, 0.4) is 0 Å². The maximum absolute atomic E-state index is 7.21. The molecule has 0 amide bonds. The zero-order valence-electron chi connectivity index (χ0n) is 5.11. The van der Waals surface area contributed by atoms with Crippen LogP contribution in [0.15, 0.2) is 29.3 Å². The molecule has 0 bridgehead atoms. The molecule has 1 N–H and O–H groups in total. The zero-order chi connectivity index (χ0) is 6.97. The summed E-state index contributed by atoms with van der Waals surface area (Å²) in [6.07, 6.45) is 6.43. The van der Waals surface area contributed by atoms with E-state index in [1.165, 1.54) is 6.26 Å². The van der Waals surface area contributed by atoms with Crippen LogP contribution in [-0.2, 0) is 0 Å². The third-order valence-corrected chi connectivity index (χ3v) is 1.30. The normalized spacial score (nSPS) is 10.4. The number of aromatic nitrogens is 2. The molecule has 10 heavy (non-hydrogen) atoms. The van der Waals surface area contributed by atoms with E-state index >= 15 is 0 Å². The second-order valence-corrected chi connectivity index (χ2v) is 1.91. The van der Waals surface area contributed by atoms with E-state index in [1.54, 1.807) is 23.0 Å². The van der Waals surface area contributed by atoms with Crippen molar-refractivity contribution in [1.29, 1.82) is 5.41 Å². The Kier molecular flexibility index (Phi) is 0.887. The first-order valence-electron chi connectivity index (χ1n) is 2.82. The summed E-state index contributed by atoms with van der Waals surface area (Å²) < 4.78 is 6.41. The number of oxazole rings is 1. The Labute approximate surface area is 56.3 Å². The largest absolute Gasteiger partial charge is 0.431 e. The Morgan fingerprint density at radius 3 is 3.30 bits per heavy atom. The van der Waals surface area contributed by atoms with Gasteiger partial charge in [0.2, 0.25) is 0 Å². The third kappa shape index (κ3) is 0.556. The lowest BCUT2D eigenvalue weighted by molar-refractivity contribution is 0.480. The fraction of sp³-hybridized carbons (Fsp3) is 0. The molecular formula is C6H5N3O. The van der Waals surface area contributed by atoms with Gasteiger partial charge in [-0.1, -0.05) is 0 Å². The van der Waals surface area contributed by atoms with Gasteiger partial charge in [0, 0.05) is 12.4 Å². The Balaban J connectivity index is 3.07. The summed E-state index contributed by atoms with van der Waals surface area (Å²) in [5, 5.41) is 7.21. The lowest BCUT2D eigenvalue weighted by Crippen LogP contribution is -2.04. The van der Waals surface area contributed by atoms with Gasteiger partial charge in [-0.05, 0) is 0 Å². The Morgan fingerprint density at radius 1 is 1.60 bits per heavy atom. The summed E-state index contributed by atoms with van der Waals surface area (Å²) in [6.45, 7) is 0. The van der Waals surface area contributed by atoms with Crippen LogP contribution in [0.1, 0.15) is 0 Å². The first-order chi connectivity index (χ1) is 4.88. The van der Waals surface area contributed by atoms with E-state index in [0.717, 1.165) is 5.52 Å². The molecule has 0 atom stereocenters. The molecule has 2 aromatic rings. The molecule has 4 nitrogen and oxygen atoms in total. The first-order valence-corrected chi connectivity index (χ1v) is 2.82. The number of fused-ring (bicyclic) bond motifs is 1. The van der Waals surface area contributed by atoms with Gasteiger partial charge in [-0.25, -0.2) is 0 Å². The van der Waals surface area contributed by atoms with E-state index in [0.29, 0.717) is 0 Å². The van der Waals surface area contributed by atoms with E-state index in [2.05, 4.69) is 4.98 Å². The smallest absolute Gasteiger partial charge is 0.298 e. The van der Waals surface area contributed by atoms with E-state index < -0.39 is 0 Å². The van der Waals surface area contributed by atoms with Crippen LogP contribution in [0.25, 0.3) is 5.52 Å². The SMILES string of the molecule is N=c1occ2cnccn12. The molecule has 0 aliphatic heterocycles. The molecule has 2 rings (SSSR count). The standard InChI is InChI=1S/C6H5N3O/c7-6-9-2-1-8-3-5(9)4-10-6/h1-4,7H. The van der Waals surface area contributed by atoms with Crippen LogP contribution >= 0.6 is 0 Å². The number of hydrogen-bond donors (Lipinski definition) is 1. The second kappa shape index (κ2) is 1.70. The van der Waals surface area contributed by atoms with Crippen molar-refractivity contribution >= 4 is 5.52 Å². The van der Waals surface area contributed by atoms with Crippen molar-refractivity contribution in [3.63, 3.8) is 0 Å². The molecule has 0 aliphatic carbocycles. The molecule has 0 spiro atoms. The number of hydrogen-bond acceptors (Lipinski definition) is 3. The molecule has 4 heteroatoms. The number of rotatable bonds is 0. The first kappa shape index (κ1) is 5.22. The van der Waals surface area contributed by atoms with Gasteiger partial charge in [0.05, 0.1) is 6.20 Å². The molecule has 0 radical (unpaired) electrons. The monoisotopic (exact) mass is 135 g/mol. The molecule has 0 saturated heterocycles. The van der Waals surface area contributed by atoms with Crippen LogP contribution in [0.2, 0.25) is 0 Å². The molecule has 50 valence electrons. The van der Waals surface area contributed by atoms with Crippen molar-refractivity contribution in [3.05, 3.63) is 30.5 Å². The van der Waals surface area contributed by atoms with E-state index in [9.17, 15) is 0 Å². The summed E-state index contributed by atoms with van der Waals surface area (Å²) in [5.74, 6) is 0. The molecule has 0 unspecified atom stereocenters. The molecule has 0 fully saturated rings.